The standard InChI is InChI=1S/C20H28BFN2O2/c1-19(2)20(3,4)26-21(25-19)18(22)17(13-6-5-9-23-12-13)14-10-15-7-8-16(11-14)24-15/h5-6,9,12,14-16,24H,7-8,10-11H2,1-4H3. The largest absolute Gasteiger partial charge is 0.525 e. The second-order valence-electron chi connectivity index (χ2n) is 8.90. The van der Waals surface area contributed by atoms with Crippen LogP contribution in [0.1, 0.15) is 58.9 Å². The molecule has 3 aliphatic heterocycles. The van der Waals surface area contributed by atoms with Gasteiger partial charge in [-0.05, 0) is 76.5 Å². The molecule has 26 heavy (non-hydrogen) atoms. The summed E-state index contributed by atoms with van der Waals surface area (Å²) in [7, 11) is -0.956. The summed E-state index contributed by atoms with van der Waals surface area (Å²) in [6.45, 7) is 7.81. The summed E-state index contributed by atoms with van der Waals surface area (Å²) >= 11 is 0. The van der Waals surface area contributed by atoms with Crippen LogP contribution in [-0.4, -0.2) is 35.4 Å². The van der Waals surface area contributed by atoms with Crippen LogP contribution >= 0.6 is 0 Å². The van der Waals surface area contributed by atoms with E-state index in [1.807, 2.05) is 39.8 Å². The van der Waals surface area contributed by atoms with E-state index in [0.29, 0.717) is 12.1 Å². The molecule has 4 rings (SSSR count). The van der Waals surface area contributed by atoms with Crippen molar-refractivity contribution in [3.63, 3.8) is 0 Å². The zero-order chi connectivity index (χ0) is 18.5. The Bertz CT molecular complexity index is 679. The van der Waals surface area contributed by atoms with Crippen molar-refractivity contribution in [3.05, 3.63) is 35.8 Å². The molecule has 0 amide bonds. The van der Waals surface area contributed by atoms with Gasteiger partial charge in [0.25, 0.3) is 0 Å². The fourth-order valence-electron chi connectivity index (χ4n) is 4.46. The van der Waals surface area contributed by atoms with Crippen LogP contribution in [0.5, 0.6) is 0 Å². The Balaban J connectivity index is 1.72. The molecular formula is C20H28BFN2O2. The van der Waals surface area contributed by atoms with Gasteiger partial charge in [0, 0.05) is 24.5 Å². The highest BCUT2D eigenvalue weighted by atomic mass is 19.1. The first kappa shape index (κ1) is 18.1. The van der Waals surface area contributed by atoms with Gasteiger partial charge in [0.15, 0.2) is 0 Å². The third-order valence-corrected chi connectivity index (χ3v) is 6.57. The topological polar surface area (TPSA) is 43.4 Å². The van der Waals surface area contributed by atoms with Gasteiger partial charge in [-0.15, -0.1) is 0 Å². The first-order valence-corrected chi connectivity index (χ1v) is 9.68. The molecule has 3 fully saturated rings. The number of fused-ring (bicyclic) bond motifs is 2. The molecule has 2 unspecified atom stereocenters. The highest BCUT2D eigenvalue weighted by Gasteiger charge is 2.54. The average molecular weight is 358 g/mol. The number of allylic oxidation sites excluding steroid dienone is 1. The van der Waals surface area contributed by atoms with Gasteiger partial charge in [0.2, 0.25) is 0 Å². The lowest BCUT2D eigenvalue weighted by Gasteiger charge is -2.32. The lowest BCUT2D eigenvalue weighted by atomic mass is 9.75. The molecule has 4 heterocycles. The molecule has 3 aliphatic rings. The van der Waals surface area contributed by atoms with E-state index in [2.05, 4.69) is 10.3 Å². The summed E-state index contributed by atoms with van der Waals surface area (Å²) < 4.78 is 27.8. The number of nitrogens with zero attached hydrogens (tertiary/aromatic N) is 1. The third-order valence-electron chi connectivity index (χ3n) is 6.57. The van der Waals surface area contributed by atoms with Crippen LogP contribution in [0.4, 0.5) is 4.39 Å². The third kappa shape index (κ3) is 3.12. The number of aromatic nitrogens is 1. The molecule has 0 aromatic carbocycles. The van der Waals surface area contributed by atoms with Crippen LogP contribution in [0, 0.1) is 5.92 Å². The summed E-state index contributed by atoms with van der Waals surface area (Å²) in [6.07, 6.45) is 7.74. The smallest absolute Gasteiger partial charge is 0.398 e. The van der Waals surface area contributed by atoms with E-state index in [0.717, 1.165) is 24.0 Å². The van der Waals surface area contributed by atoms with Crippen molar-refractivity contribution < 1.29 is 13.7 Å². The summed E-state index contributed by atoms with van der Waals surface area (Å²) in [4.78, 5) is 4.22. The van der Waals surface area contributed by atoms with Crippen LogP contribution in [0.15, 0.2) is 30.3 Å². The van der Waals surface area contributed by atoms with Crippen LogP contribution in [0.3, 0.4) is 0 Å². The van der Waals surface area contributed by atoms with Crippen molar-refractivity contribution in [1.29, 1.82) is 0 Å². The number of halogens is 1. The van der Waals surface area contributed by atoms with E-state index >= 15 is 4.39 Å². The first-order valence-electron chi connectivity index (χ1n) is 9.68. The van der Waals surface area contributed by atoms with Crippen molar-refractivity contribution in [2.24, 2.45) is 5.92 Å². The molecule has 0 aliphatic carbocycles. The molecular weight excluding hydrogens is 330 g/mol. The van der Waals surface area contributed by atoms with Gasteiger partial charge >= 0.3 is 7.12 Å². The quantitative estimate of drug-likeness (QED) is 0.832. The molecule has 6 heteroatoms. The lowest BCUT2D eigenvalue weighted by Crippen LogP contribution is -2.41. The van der Waals surface area contributed by atoms with E-state index < -0.39 is 18.3 Å². The molecule has 0 radical (unpaired) electrons. The van der Waals surface area contributed by atoms with E-state index in [9.17, 15) is 0 Å². The number of rotatable bonds is 3. The maximum absolute atomic E-state index is 15.8. The summed E-state index contributed by atoms with van der Waals surface area (Å²) in [5, 5.41) is 3.64. The second-order valence-corrected chi connectivity index (χ2v) is 8.90. The number of hydrogen-bond acceptors (Lipinski definition) is 4. The Morgan fingerprint density at radius 1 is 1.15 bits per heavy atom. The zero-order valence-electron chi connectivity index (χ0n) is 16.1. The van der Waals surface area contributed by atoms with E-state index in [4.69, 9.17) is 9.31 Å². The van der Waals surface area contributed by atoms with Crippen LogP contribution in [0.2, 0.25) is 0 Å². The van der Waals surface area contributed by atoms with Crippen molar-refractivity contribution in [1.82, 2.24) is 10.3 Å². The first-order chi connectivity index (χ1) is 12.3. The Labute approximate surface area is 155 Å². The Morgan fingerprint density at radius 2 is 1.77 bits per heavy atom. The van der Waals surface area contributed by atoms with E-state index in [-0.39, 0.29) is 11.6 Å². The number of nitrogens with one attached hydrogen (secondary N) is 1. The fraction of sp³-hybridized carbons (Fsp3) is 0.650. The number of pyridine rings is 1. The van der Waals surface area contributed by atoms with Gasteiger partial charge in [-0.25, -0.2) is 4.39 Å². The van der Waals surface area contributed by atoms with Gasteiger partial charge in [0.1, 0.15) is 5.73 Å². The maximum Gasteiger partial charge on any atom is 0.525 e. The van der Waals surface area contributed by atoms with Crippen molar-refractivity contribution >= 4 is 12.7 Å². The molecule has 140 valence electrons. The fourth-order valence-corrected chi connectivity index (χ4v) is 4.46. The van der Waals surface area contributed by atoms with Gasteiger partial charge in [-0.1, -0.05) is 6.07 Å². The van der Waals surface area contributed by atoms with Gasteiger partial charge < -0.3 is 14.6 Å². The Hall–Kier alpha value is -1.24. The highest BCUT2D eigenvalue weighted by molar-refractivity contribution is 6.55. The van der Waals surface area contributed by atoms with Crippen molar-refractivity contribution in [2.45, 2.75) is 76.7 Å². The molecule has 4 nitrogen and oxygen atoms in total. The Kier molecular flexibility index (Phi) is 4.49. The highest BCUT2D eigenvalue weighted by Crippen LogP contribution is 2.44. The SMILES string of the molecule is CC1(C)OB(C(F)=C(c2cccnc2)C2CC3CCC(C2)N3)OC1(C)C. The second kappa shape index (κ2) is 6.43. The van der Waals surface area contributed by atoms with Crippen molar-refractivity contribution in [2.75, 3.05) is 0 Å². The number of hydrogen-bond donors (Lipinski definition) is 1. The monoisotopic (exact) mass is 358 g/mol. The maximum atomic E-state index is 15.8. The zero-order valence-corrected chi connectivity index (χ0v) is 16.1. The summed E-state index contributed by atoms with van der Waals surface area (Å²) in [6, 6.07) is 4.77. The molecule has 3 saturated heterocycles. The summed E-state index contributed by atoms with van der Waals surface area (Å²) in [5.41, 5.74) is 0.161. The molecule has 0 saturated carbocycles. The van der Waals surface area contributed by atoms with Gasteiger partial charge in [-0.2, -0.15) is 0 Å². The summed E-state index contributed by atoms with van der Waals surface area (Å²) in [5.74, 6) is 0.164. The van der Waals surface area contributed by atoms with Crippen LogP contribution in [0.25, 0.3) is 5.57 Å². The lowest BCUT2D eigenvalue weighted by molar-refractivity contribution is 0.00578. The van der Waals surface area contributed by atoms with Crippen molar-refractivity contribution in [3.8, 4) is 0 Å². The molecule has 0 spiro atoms. The van der Waals surface area contributed by atoms with E-state index in [1.54, 1.807) is 12.4 Å². The number of piperidine rings is 1. The van der Waals surface area contributed by atoms with Crippen LogP contribution < -0.4 is 5.32 Å². The van der Waals surface area contributed by atoms with Crippen LogP contribution in [-0.2, 0) is 9.31 Å². The normalized spacial score (nSPS) is 33.3. The van der Waals surface area contributed by atoms with Gasteiger partial charge in [0.05, 0.1) is 11.2 Å². The predicted octanol–water partition coefficient (Wildman–Crippen LogP) is 3.92. The average Bonchev–Trinajstić information content (AvgIpc) is 3.03. The van der Waals surface area contributed by atoms with E-state index in [1.165, 1.54) is 12.8 Å². The molecule has 2 atom stereocenters. The van der Waals surface area contributed by atoms with Gasteiger partial charge in [-0.3, -0.25) is 4.98 Å². The molecule has 1 aromatic heterocycles. The molecule has 1 N–H and O–H groups in total. The minimum absolute atomic E-state index is 0.164. The minimum atomic E-state index is -0.956. The Morgan fingerprint density at radius 3 is 2.31 bits per heavy atom. The molecule has 2 bridgehead atoms. The minimum Gasteiger partial charge on any atom is -0.398 e. The predicted molar refractivity (Wildman–Crippen MR) is 101 cm³/mol. The molecule has 1 aromatic rings.